The summed E-state index contributed by atoms with van der Waals surface area (Å²) in [6.45, 7) is 1.15. The van der Waals surface area contributed by atoms with Gasteiger partial charge in [0, 0.05) is 24.9 Å². The van der Waals surface area contributed by atoms with E-state index in [2.05, 4.69) is 4.57 Å². The molecule has 0 bridgehead atoms. The summed E-state index contributed by atoms with van der Waals surface area (Å²) in [7, 11) is -3.51. The third-order valence-electron chi connectivity index (χ3n) is 6.41. The lowest BCUT2D eigenvalue weighted by atomic mass is 10.2. The standard InChI is InChI=1S/C23H25ClFN3O2S2/c24-19-9-5-6-16(22(19)25)15-31-23-26-20-14-18(32(29,30)27-12-3-4-13-27)10-11-21(20)28(23)17-7-1-2-8-17/h5-6,9-11,14,17H,1-4,7-8,12-13,15H2. The Labute approximate surface area is 197 Å². The number of hydrogen-bond acceptors (Lipinski definition) is 4. The minimum atomic E-state index is -3.51. The molecule has 5 nitrogen and oxygen atoms in total. The fraction of sp³-hybridized carbons (Fsp3) is 0.435. The van der Waals surface area contributed by atoms with Crippen molar-refractivity contribution in [2.45, 2.75) is 60.4 Å². The zero-order valence-electron chi connectivity index (χ0n) is 17.6. The average Bonchev–Trinajstić information content (AvgIpc) is 3.54. The summed E-state index contributed by atoms with van der Waals surface area (Å²) in [5.74, 6) is 0.00523. The van der Waals surface area contributed by atoms with Gasteiger partial charge in [-0.1, -0.05) is 48.3 Å². The molecule has 0 spiro atoms. The molecule has 0 N–H and O–H groups in total. The predicted molar refractivity (Wildman–Crippen MR) is 126 cm³/mol. The molecule has 0 atom stereocenters. The molecular weight excluding hydrogens is 469 g/mol. The fourth-order valence-electron chi connectivity index (χ4n) is 4.71. The zero-order valence-corrected chi connectivity index (χ0v) is 20.0. The molecule has 2 heterocycles. The maximum atomic E-state index is 14.4. The number of benzene rings is 2. The Morgan fingerprint density at radius 1 is 1.09 bits per heavy atom. The largest absolute Gasteiger partial charge is 0.316 e. The Bertz CT molecular complexity index is 1250. The molecule has 2 aliphatic rings. The molecule has 2 aromatic carbocycles. The number of aromatic nitrogens is 2. The van der Waals surface area contributed by atoms with Gasteiger partial charge in [0.05, 0.1) is 21.0 Å². The fourth-order valence-corrected chi connectivity index (χ4v) is 7.50. The summed E-state index contributed by atoms with van der Waals surface area (Å²) in [6, 6.07) is 10.6. The van der Waals surface area contributed by atoms with Crippen molar-refractivity contribution < 1.29 is 12.8 Å². The predicted octanol–water partition coefficient (Wildman–Crippen LogP) is 6.02. The van der Waals surface area contributed by atoms with Crippen LogP contribution in [0.25, 0.3) is 11.0 Å². The Kier molecular flexibility index (Phi) is 6.22. The number of thioether (sulfide) groups is 1. The highest BCUT2D eigenvalue weighted by Crippen LogP contribution is 2.38. The van der Waals surface area contributed by atoms with Gasteiger partial charge in [0.1, 0.15) is 5.82 Å². The van der Waals surface area contributed by atoms with E-state index in [-0.39, 0.29) is 5.02 Å². The highest BCUT2D eigenvalue weighted by molar-refractivity contribution is 7.98. The van der Waals surface area contributed by atoms with Crippen LogP contribution in [0.4, 0.5) is 4.39 Å². The van der Waals surface area contributed by atoms with Gasteiger partial charge in [0.25, 0.3) is 0 Å². The first kappa shape index (κ1) is 22.2. The van der Waals surface area contributed by atoms with Crippen LogP contribution in [0.2, 0.25) is 5.02 Å². The highest BCUT2D eigenvalue weighted by atomic mass is 35.5. The Morgan fingerprint density at radius 3 is 2.59 bits per heavy atom. The summed E-state index contributed by atoms with van der Waals surface area (Å²) in [5.41, 5.74) is 2.14. The first-order chi connectivity index (χ1) is 15.4. The summed E-state index contributed by atoms with van der Waals surface area (Å²) in [4.78, 5) is 5.10. The van der Waals surface area contributed by atoms with Crippen LogP contribution in [0.1, 0.15) is 50.1 Å². The molecular formula is C23H25ClFN3O2S2. The topological polar surface area (TPSA) is 55.2 Å². The van der Waals surface area contributed by atoms with Gasteiger partial charge in [-0.3, -0.25) is 0 Å². The molecule has 1 aliphatic heterocycles. The maximum absolute atomic E-state index is 14.4. The van der Waals surface area contributed by atoms with Gasteiger partial charge in [0.2, 0.25) is 10.0 Å². The molecule has 2 fully saturated rings. The minimum Gasteiger partial charge on any atom is -0.316 e. The second kappa shape index (κ2) is 8.97. The van der Waals surface area contributed by atoms with Crippen LogP contribution in [0, 0.1) is 5.82 Å². The third-order valence-corrected chi connectivity index (χ3v) is 9.60. The van der Waals surface area contributed by atoms with Crippen LogP contribution in [-0.4, -0.2) is 35.4 Å². The minimum absolute atomic E-state index is 0.115. The van der Waals surface area contributed by atoms with Crippen molar-refractivity contribution in [3.8, 4) is 0 Å². The van der Waals surface area contributed by atoms with Crippen LogP contribution in [0.15, 0.2) is 46.5 Å². The number of sulfonamides is 1. The van der Waals surface area contributed by atoms with Crippen LogP contribution in [-0.2, 0) is 15.8 Å². The number of rotatable bonds is 6. The molecule has 1 saturated carbocycles. The van der Waals surface area contributed by atoms with E-state index in [1.807, 2.05) is 6.07 Å². The number of halogens is 2. The van der Waals surface area contributed by atoms with E-state index in [1.54, 1.807) is 34.6 Å². The van der Waals surface area contributed by atoms with Gasteiger partial charge in [-0.2, -0.15) is 4.31 Å². The third kappa shape index (κ3) is 4.06. The highest BCUT2D eigenvalue weighted by Gasteiger charge is 2.29. The van der Waals surface area contributed by atoms with Crippen molar-refractivity contribution in [3.63, 3.8) is 0 Å². The lowest BCUT2D eigenvalue weighted by molar-refractivity contribution is 0.477. The lowest BCUT2D eigenvalue weighted by Gasteiger charge is -2.17. The van der Waals surface area contributed by atoms with Gasteiger partial charge in [0.15, 0.2) is 5.16 Å². The van der Waals surface area contributed by atoms with E-state index >= 15 is 0 Å². The van der Waals surface area contributed by atoms with Crippen LogP contribution in [0.3, 0.4) is 0 Å². The molecule has 1 saturated heterocycles. The maximum Gasteiger partial charge on any atom is 0.243 e. The van der Waals surface area contributed by atoms with Crippen molar-refractivity contribution in [2.75, 3.05) is 13.1 Å². The molecule has 5 rings (SSSR count). The van der Waals surface area contributed by atoms with Gasteiger partial charge >= 0.3 is 0 Å². The molecule has 3 aromatic rings. The molecule has 32 heavy (non-hydrogen) atoms. The normalized spacial score (nSPS) is 18.2. The lowest BCUT2D eigenvalue weighted by Crippen LogP contribution is -2.27. The second-order valence-electron chi connectivity index (χ2n) is 8.47. The molecule has 1 aliphatic carbocycles. The zero-order chi connectivity index (χ0) is 22.3. The van der Waals surface area contributed by atoms with E-state index in [0.29, 0.717) is 40.9 Å². The monoisotopic (exact) mass is 493 g/mol. The van der Waals surface area contributed by atoms with E-state index < -0.39 is 15.8 Å². The first-order valence-electron chi connectivity index (χ1n) is 11.0. The van der Waals surface area contributed by atoms with Crippen molar-refractivity contribution in [1.82, 2.24) is 13.9 Å². The van der Waals surface area contributed by atoms with Gasteiger partial charge in [-0.25, -0.2) is 17.8 Å². The Morgan fingerprint density at radius 2 is 1.84 bits per heavy atom. The Hall–Kier alpha value is -1.61. The van der Waals surface area contributed by atoms with Crippen molar-refractivity contribution >= 4 is 44.4 Å². The number of imidazole rings is 1. The van der Waals surface area contributed by atoms with E-state index in [1.165, 1.54) is 24.6 Å². The van der Waals surface area contributed by atoms with Gasteiger partial charge in [-0.15, -0.1) is 0 Å². The Balaban J connectivity index is 1.52. The number of fused-ring (bicyclic) bond motifs is 1. The van der Waals surface area contributed by atoms with Crippen molar-refractivity contribution in [3.05, 3.63) is 52.8 Å². The van der Waals surface area contributed by atoms with E-state index in [0.717, 1.165) is 36.4 Å². The van der Waals surface area contributed by atoms with E-state index in [9.17, 15) is 12.8 Å². The molecule has 0 radical (unpaired) electrons. The quantitative estimate of drug-likeness (QED) is 0.394. The van der Waals surface area contributed by atoms with Crippen LogP contribution in [0.5, 0.6) is 0 Å². The molecule has 1 aromatic heterocycles. The van der Waals surface area contributed by atoms with Crippen LogP contribution >= 0.6 is 23.4 Å². The van der Waals surface area contributed by atoms with Crippen LogP contribution < -0.4 is 0 Å². The summed E-state index contributed by atoms with van der Waals surface area (Å²) in [5, 5.41) is 0.908. The van der Waals surface area contributed by atoms with Crippen molar-refractivity contribution in [1.29, 1.82) is 0 Å². The summed E-state index contributed by atoms with van der Waals surface area (Å²) >= 11 is 7.41. The second-order valence-corrected chi connectivity index (χ2v) is 11.8. The van der Waals surface area contributed by atoms with Gasteiger partial charge < -0.3 is 4.57 Å². The smallest absolute Gasteiger partial charge is 0.243 e. The SMILES string of the molecule is O=S(=O)(c1ccc2c(c1)nc(SCc1cccc(Cl)c1F)n2C1CCCC1)N1CCCC1. The van der Waals surface area contributed by atoms with E-state index in [4.69, 9.17) is 16.6 Å². The summed E-state index contributed by atoms with van der Waals surface area (Å²) in [6.07, 6.45) is 6.27. The van der Waals surface area contributed by atoms with Gasteiger partial charge in [-0.05, 0) is 55.5 Å². The number of hydrogen-bond donors (Lipinski definition) is 0. The molecule has 0 amide bonds. The average molecular weight is 494 g/mol. The van der Waals surface area contributed by atoms with Crippen molar-refractivity contribution in [2.24, 2.45) is 0 Å². The molecule has 0 unspecified atom stereocenters. The molecule has 9 heteroatoms. The number of nitrogens with zero attached hydrogens (tertiary/aromatic N) is 3. The first-order valence-corrected chi connectivity index (χ1v) is 13.8. The molecule has 170 valence electrons. The summed E-state index contributed by atoms with van der Waals surface area (Å²) < 4.78 is 44.3.